The molecule has 0 radical (unpaired) electrons. The Kier molecular flexibility index (Phi) is 5.76. The summed E-state index contributed by atoms with van der Waals surface area (Å²) in [5.41, 5.74) is 0.992. The van der Waals surface area contributed by atoms with Gasteiger partial charge in [0.15, 0.2) is 0 Å². The van der Waals surface area contributed by atoms with Gasteiger partial charge in [-0.3, -0.25) is 4.90 Å². The quantitative estimate of drug-likeness (QED) is 0.737. The third-order valence-electron chi connectivity index (χ3n) is 3.73. The van der Waals surface area contributed by atoms with Crippen molar-refractivity contribution in [2.24, 2.45) is 0 Å². The fourth-order valence-corrected chi connectivity index (χ4v) is 3.00. The van der Waals surface area contributed by atoms with Crippen molar-refractivity contribution in [1.29, 1.82) is 0 Å². The average molecular weight is 322 g/mol. The van der Waals surface area contributed by atoms with Crippen molar-refractivity contribution in [3.05, 3.63) is 29.8 Å². The molecule has 0 spiro atoms. The van der Waals surface area contributed by atoms with Gasteiger partial charge in [0, 0.05) is 18.5 Å². The van der Waals surface area contributed by atoms with E-state index in [1.54, 1.807) is 12.1 Å². The third kappa shape index (κ3) is 5.40. The summed E-state index contributed by atoms with van der Waals surface area (Å²) in [7, 11) is 0. The van der Waals surface area contributed by atoms with E-state index in [1.165, 1.54) is 18.6 Å². The van der Waals surface area contributed by atoms with Gasteiger partial charge in [-0.2, -0.15) is 0 Å². The number of likely N-dealkylation sites (tertiary alicyclic amines) is 1. The average Bonchev–Trinajstić information content (AvgIpc) is 2.42. The first-order chi connectivity index (χ1) is 9.98. The second-order valence-corrected chi connectivity index (χ2v) is 5.67. The molecule has 0 aromatic heterocycles. The van der Waals surface area contributed by atoms with Crippen LogP contribution < -0.4 is 4.74 Å². The van der Waals surface area contributed by atoms with E-state index >= 15 is 0 Å². The molecule has 1 aliphatic heterocycles. The summed E-state index contributed by atoms with van der Waals surface area (Å²) in [6.45, 7) is 1.76. The van der Waals surface area contributed by atoms with Crippen LogP contribution >= 0.6 is 11.6 Å². The normalized spacial score (nSPS) is 20.5. The number of ether oxygens (including phenoxy) is 1. The lowest BCUT2D eigenvalue weighted by Gasteiger charge is -2.35. The van der Waals surface area contributed by atoms with Crippen LogP contribution in [0.5, 0.6) is 5.75 Å². The van der Waals surface area contributed by atoms with Gasteiger partial charge >= 0.3 is 6.36 Å². The Hall–Kier alpha value is -0.940. The van der Waals surface area contributed by atoms with Crippen LogP contribution in [0.4, 0.5) is 13.2 Å². The van der Waals surface area contributed by atoms with E-state index in [4.69, 9.17) is 11.6 Å². The molecular formula is C15H19ClF3NO. The Bertz CT molecular complexity index is 434. The van der Waals surface area contributed by atoms with Crippen LogP contribution in [0, 0.1) is 0 Å². The van der Waals surface area contributed by atoms with Crippen LogP contribution in [0.3, 0.4) is 0 Å². The molecule has 0 bridgehead atoms. The minimum absolute atomic E-state index is 0.179. The fourth-order valence-electron chi connectivity index (χ4n) is 2.75. The van der Waals surface area contributed by atoms with Crippen LogP contribution in [0.25, 0.3) is 0 Å². The lowest BCUT2D eigenvalue weighted by atomic mass is 9.99. The van der Waals surface area contributed by atoms with Crippen LogP contribution in [-0.4, -0.2) is 29.7 Å². The highest BCUT2D eigenvalue weighted by atomic mass is 35.5. The monoisotopic (exact) mass is 321 g/mol. The Labute approximate surface area is 127 Å². The molecule has 2 nitrogen and oxygen atoms in total. The first-order valence-corrected chi connectivity index (χ1v) is 7.66. The topological polar surface area (TPSA) is 12.5 Å². The Morgan fingerprint density at radius 1 is 1.19 bits per heavy atom. The number of alkyl halides is 4. The molecular weight excluding hydrogens is 303 g/mol. The second kappa shape index (κ2) is 7.36. The third-order valence-corrected chi connectivity index (χ3v) is 3.95. The van der Waals surface area contributed by atoms with Crippen molar-refractivity contribution >= 4 is 11.6 Å². The highest BCUT2D eigenvalue weighted by Crippen LogP contribution is 2.25. The molecule has 2 rings (SSSR count). The van der Waals surface area contributed by atoms with E-state index in [1.807, 2.05) is 0 Å². The zero-order valence-electron chi connectivity index (χ0n) is 11.7. The fraction of sp³-hybridized carbons (Fsp3) is 0.600. The van der Waals surface area contributed by atoms with Crippen molar-refractivity contribution in [3.8, 4) is 5.75 Å². The second-order valence-electron chi connectivity index (χ2n) is 5.29. The van der Waals surface area contributed by atoms with Gasteiger partial charge in [-0.1, -0.05) is 18.6 Å². The van der Waals surface area contributed by atoms with Crippen molar-refractivity contribution in [2.45, 2.75) is 44.6 Å². The molecule has 6 heteroatoms. The predicted octanol–water partition coefficient (Wildman–Crippen LogP) is 4.57. The standard InChI is InChI=1S/C15H19ClF3NO/c16-9-8-13-3-1-2-10-20(13)11-12-4-6-14(7-5-12)21-15(17,18)19/h4-7,13H,1-3,8-11H2. The van der Waals surface area contributed by atoms with E-state index in [0.29, 0.717) is 11.9 Å². The molecule has 1 unspecified atom stereocenters. The maximum atomic E-state index is 12.1. The highest BCUT2D eigenvalue weighted by molar-refractivity contribution is 6.17. The molecule has 0 N–H and O–H groups in total. The van der Waals surface area contributed by atoms with Crippen molar-refractivity contribution in [3.63, 3.8) is 0 Å². The minimum atomic E-state index is -4.64. The van der Waals surface area contributed by atoms with E-state index in [0.717, 1.165) is 37.9 Å². The molecule has 1 atom stereocenters. The smallest absolute Gasteiger partial charge is 0.406 e. The Morgan fingerprint density at radius 3 is 2.52 bits per heavy atom. The van der Waals surface area contributed by atoms with Gasteiger partial charge < -0.3 is 4.74 Å². The van der Waals surface area contributed by atoms with Crippen LogP contribution in [0.15, 0.2) is 24.3 Å². The largest absolute Gasteiger partial charge is 0.573 e. The van der Waals surface area contributed by atoms with E-state index in [-0.39, 0.29) is 5.75 Å². The minimum Gasteiger partial charge on any atom is -0.406 e. The van der Waals surface area contributed by atoms with Crippen molar-refractivity contribution in [2.75, 3.05) is 12.4 Å². The van der Waals surface area contributed by atoms with E-state index in [2.05, 4.69) is 9.64 Å². The molecule has 21 heavy (non-hydrogen) atoms. The maximum Gasteiger partial charge on any atom is 0.573 e. The molecule has 1 saturated heterocycles. The summed E-state index contributed by atoms with van der Waals surface area (Å²) in [4.78, 5) is 2.37. The molecule has 1 aromatic carbocycles. The van der Waals surface area contributed by atoms with Gasteiger partial charge in [-0.15, -0.1) is 24.8 Å². The molecule has 0 saturated carbocycles. The van der Waals surface area contributed by atoms with Crippen molar-refractivity contribution < 1.29 is 17.9 Å². The van der Waals surface area contributed by atoms with Gasteiger partial charge in [-0.05, 0) is 43.5 Å². The predicted molar refractivity (Wildman–Crippen MR) is 76.5 cm³/mol. The van der Waals surface area contributed by atoms with Gasteiger partial charge in [0.2, 0.25) is 0 Å². The summed E-state index contributed by atoms with van der Waals surface area (Å²) < 4.78 is 40.2. The zero-order valence-corrected chi connectivity index (χ0v) is 12.5. The molecule has 1 aliphatic rings. The van der Waals surface area contributed by atoms with Gasteiger partial charge in [-0.25, -0.2) is 0 Å². The lowest BCUT2D eigenvalue weighted by molar-refractivity contribution is -0.274. The number of halogens is 4. The Morgan fingerprint density at radius 2 is 1.90 bits per heavy atom. The van der Waals surface area contributed by atoms with Gasteiger partial charge in [0.1, 0.15) is 5.75 Å². The zero-order chi connectivity index (χ0) is 15.3. The number of rotatable bonds is 5. The molecule has 1 aromatic rings. The molecule has 0 aliphatic carbocycles. The number of hydrogen-bond donors (Lipinski definition) is 0. The summed E-state index contributed by atoms with van der Waals surface area (Å²) >= 11 is 5.84. The Balaban J connectivity index is 1.95. The number of piperidine rings is 1. The first-order valence-electron chi connectivity index (χ1n) is 7.12. The van der Waals surface area contributed by atoms with Crippen molar-refractivity contribution in [1.82, 2.24) is 4.90 Å². The number of benzene rings is 1. The molecule has 0 amide bonds. The molecule has 1 heterocycles. The number of nitrogens with zero attached hydrogens (tertiary/aromatic N) is 1. The number of hydrogen-bond acceptors (Lipinski definition) is 2. The van der Waals surface area contributed by atoms with Gasteiger partial charge in [0.05, 0.1) is 0 Å². The summed E-state index contributed by atoms with van der Waals surface area (Å²) in [5, 5.41) is 0. The van der Waals surface area contributed by atoms with E-state index < -0.39 is 6.36 Å². The van der Waals surface area contributed by atoms with E-state index in [9.17, 15) is 13.2 Å². The van der Waals surface area contributed by atoms with Crippen LogP contribution in [0.1, 0.15) is 31.2 Å². The maximum absolute atomic E-state index is 12.1. The molecule has 118 valence electrons. The molecule has 1 fully saturated rings. The SMILES string of the molecule is FC(F)(F)Oc1ccc(CN2CCCCC2CCCl)cc1. The van der Waals surface area contributed by atoms with Crippen LogP contribution in [-0.2, 0) is 6.54 Å². The van der Waals surface area contributed by atoms with Gasteiger partial charge in [0.25, 0.3) is 0 Å². The summed E-state index contributed by atoms with van der Waals surface area (Å²) in [6.07, 6.45) is -0.164. The lowest BCUT2D eigenvalue weighted by Crippen LogP contribution is -2.39. The highest BCUT2D eigenvalue weighted by Gasteiger charge is 2.31. The van der Waals surface area contributed by atoms with Crippen LogP contribution in [0.2, 0.25) is 0 Å². The summed E-state index contributed by atoms with van der Waals surface area (Å²) in [6, 6.07) is 6.58. The summed E-state index contributed by atoms with van der Waals surface area (Å²) in [5.74, 6) is 0.460. The first kappa shape index (κ1) is 16.4.